The highest BCUT2D eigenvalue weighted by molar-refractivity contribution is 6.34. The van der Waals surface area contributed by atoms with Crippen LogP contribution < -0.4 is 4.74 Å². The molecule has 0 atom stereocenters. The third kappa shape index (κ3) is 3.62. The smallest absolute Gasteiger partial charge is 0.275 e. The van der Waals surface area contributed by atoms with Gasteiger partial charge >= 0.3 is 0 Å². The molecule has 0 unspecified atom stereocenters. The average molecular weight is 354 g/mol. The Kier molecular flexibility index (Phi) is 4.78. The highest BCUT2D eigenvalue weighted by Gasteiger charge is 2.27. The zero-order valence-electron chi connectivity index (χ0n) is 12.7. The summed E-state index contributed by atoms with van der Waals surface area (Å²) in [4.78, 5) is 14.2. The molecule has 1 aromatic carbocycles. The van der Waals surface area contributed by atoms with Gasteiger partial charge in [0.05, 0.1) is 10.7 Å². The number of carbonyl (C=O) groups excluding carboxylic acids is 1. The number of aromatic amines is 1. The third-order valence-electron chi connectivity index (χ3n) is 3.92. The van der Waals surface area contributed by atoms with Crippen molar-refractivity contribution in [1.82, 2.24) is 15.1 Å². The lowest BCUT2D eigenvalue weighted by Crippen LogP contribution is -2.42. The minimum absolute atomic E-state index is 0.0941. The van der Waals surface area contributed by atoms with E-state index in [1.807, 2.05) is 12.1 Å². The first kappa shape index (κ1) is 16.1. The summed E-state index contributed by atoms with van der Waals surface area (Å²) < 4.78 is 5.93. The SMILES string of the molecule is Cc1[nH]nc(C(=O)N2CCC(Oc3ccc(Cl)cc3)CC2)c1Cl. The Morgan fingerprint density at radius 2 is 1.91 bits per heavy atom. The molecule has 5 nitrogen and oxygen atoms in total. The number of piperidine rings is 1. The van der Waals surface area contributed by atoms with Gasteiger partial charge in [-0.2, -0.15) is 5.10 Å². The van der Waals surface area contributed by atoms with Crippen molar-refractivity contribution in [1.29, 1.82) is 0 Å². The van der Waals surface area contributed by atoms with Crippen LogP contribution in [0.1, 0.15) is 29.0 Å². The second-order valence-electron chi connectivity index (χ2n) is 5.57. The molecule has 7 heteroatoms. The Morgan fingerprint density at radius 3 is 2.48 bits per heavy atom. The number of nitrogens with one attached hydrogen (secondary N) is 1. The summed E-state index contributed by atoms with van der Waals surface area (Å²) in [5.74, 6) is 0.662. The quantitative estimate of drug-likeness (QED) is 0.914. The van der Waals surface area contributed by atoms with E-state index in [9.17, 15) is 4.79 Å². The van der Waals surface area contributed by atoms with Crippen LogP contribution in [-0.2, 0) is 0 Å². The number of nitrogens with zero attached hydrogens (tertiary/aromatic N) is 2. The van der Waals surface area contributed by atoms with Crippen LogP contribution in [0.2, 0.25) is 10.0 Å². The van der Waals surface area contributed by atoms with Crippen LogP contribution in [0.25, 0.3) is 0 Å². The van der Waals surface area contributed by atoms with E-state index >= 15 is 0 Å². The van der Waals surface area contributed by atoms with Gasteiger partial charge in [0.25, 0.3) is 5.91 Å². The van der Waals surface area contributed by atoms with Gasteiger partial charge in [-0.3, -0.25) is 9.89 Å². The summed E-state index contributed by atoms with van der Waals surface area (Å²) in [5.41, 5.74) is 0.997. The number of aryl methyl sites for hydroxylation is 1. The first-order chi connectivity index (χ1) is 11.0. The van der Waals surface area contributed by atoms with Crippen LogP contribution in [0.4, 0.5) is 0 Å². The lowest BCUT2D eigenvalue weighted by Gasteiger charge is -2.31. The van der Waals surface area contributed by atoms with Crippen molar-refractivity contribution in [2.75, 3.05) is 13.1 Å². The van der Waals surface area contributed by atoms with E-state index in [2.05, 4.69) is 10.2 Å². The highest BCUT2D eigenvalue weighted by Crippen LogP contribution is 2.23. The van der Waals surface area contributed by atoms with Crippen molar-refractivity contribution >= 4 is 29.1 Å². The molecule has 1 aliphatic rings. The maximum Gasteiger partial charge on any atom is 0.275 e. The molecule has 122 valence electrons. The molecular weight excluding hydrogens is 337 g/mol. The molecule has 1 amide bonds. The standard InChI is InChI=1S/C16H17Cl2N3O2/c1-10-14(18)15(20-19-10)16(22)21-8-6-13(7-9-21)23-12-4-2-11(17)3-5-12/h2-5,13H,6-9H2,1H3,(H,19,20). The molecule has 1 aliphatic heterocycles. The molecule has 0 saturated carbocycles. The van der Waals surface area contributed by atoms with Crippen LogP contribution in [-0.4, -0.2) is 40.2 Å². The third-order valence-corrected chi connectivity index (χ3v) is 4.64. The molecule has 0 radical (unpaired) electrons. The van der Waals surface area contributed by atoms with Gasteiger partial charge in [-0.05, 0) is 31.2 Å². The topological polar surface area (TPSA) is 58.2 Å². The Morgan fingerprint density at radius 1 is 1.26 bits per heavy atom. The summed E-state index contributed by atoms with van der Waals surface area (Å²) in [6.45, 7) is 3.04. The predicted molar refractivity (Wildman–Crippen MR) is 89.3 cm³/mol. The van der Waals surface area contributed by atoms with Gasteiger partial charge in [0, 0.05) is 31.0 Å². The first-order valence-corrected chi connectivity index (χ1v) is 8.22. The molecule has 0 aliphatic carbocycles. The maximum atomic E-state index is 12.4. The van der Waals surface area contributed by atoms with Crippen molar-refractivity contribution in [2.24, 2.45) is 0 Å². The van der Waals surface area contributed by atoms with Crippen LogP contribution >= 0.6 is 23.2 Å². The first-order valence-electron chi connectivity index (χ1n) is 7.46. The van der Waals surface area contributed by atoms with Crippen molar-refractivity contribution in [2.45, 2.75) is 25.9 Å². The van der Waals surface area contributed by atoms with Gasteiger partial charge in [-0.15, -0.1) is 0 Å². The Labute approximate surface area is 144 Å². The van der Waals surface area contributed by atoms with E-state index in [4.69, 9.17) is 27.9 Å². The minimum Gasteiger partial charge on any atom is -0.490 e. The van der Waals surface area contributed by atoms with Gasteiger partial charge in [-0.1, -0.05) is 23.2 Å². The lowest BCUT2D eigenvalue weighted by molar-refractivity contribution is 0.0590. The number of likely N-dealkylation sites (tertiary alicyclic amines) is 1. The second-order valence-corrected chi connectivity index (χ2v) is 6.39. The number of carbonyl (C=O) groups is 1. The van der Waals surface area contributed by atoms with Crippen molar-refractivity contribution in [3.8, 4) is 5.75 Å². The van der Waals surface area contributed by atoms with Crippen molar-refractivity contribution in [3.63, 3.8) is 0 Å². The predicted octanol–water partition coefficient (Wildman–Crippen LogP) is 3.71. The molecule has 0 spiro atoms. The zero-order chi connectivity index (χ0) is 16.4. The molecule has 0 bridgehead atoms. The monoisotopic (exact) mass is 353 g/mol. The van der Waals surface area contributed by atoms with Crippen LogP contribution in [0.5, 0.6) is 5.75 Å². The number of rotatable bonds is 3. The number of hydrogen-bond acceptors (Lipinski definition) is 3. The Balaban J connectivity index is 1.57. The number of ether oxygens (including phenoxy) is 1. The molecule has 1 fully saturated rings. The van der Waals surface area contributed by atoms with E-state index in [1.54, 1.807) is 24.0 Å². The number of halogens is 2. The average Bonchev–Trinajstić information content (AvgIpc) is 2.89. The van der Waals surface area contributed by atoms with E-state index < -0.39 is 0 Å². The minimum atomic E-state index is -0.135. The summed E-state index contributed by atoms with van der Waals surface area (Å²) in [7, 11) is 0. The van der Waals surface area contributed by atoms with Gasteiger partial charge in [0.2, 0.25) is 0 Å². The molecule has 2 aromatic rings. The van der Waals surface area contributed by atoms with E-state index in [-0.39, 0.29) is 12.0 Å². The number of hydrogen-bond donors (Lipinski definition) is 1. The largest absolute Gasteiger partial charge is 0.490 e. The summed E-state index contributed by atoms with van der Waals surface area (Å²) in [6, 6.07) is 7.31. The number of H-pyrrole nitrogens is 1. The van der Waals surface area contributed by atoms with Crippen molar-refractivity contribution in [3.05, 3.63) is 45.7 Å². The van der Waals surface area contributed by atoms with Gasteiger partial charge in [-0.25, -0.2) is 0 Å². The summed E-state index contributed by atoms with van der Waals surface area (Å²) in [6.07, 6.45) is 1.64. The number of amides is 1. The van der Waals surface area contributed by atoms with Gasteiger partial charge in [0.15, 0.2) is 5.69 Å². The Hall–Kier alpha value is -1.72. The molecular formula is C16H17Cl2N3O2. The lowest BCUT2D eigenvalue weighted by atomic mass is 10.1. The summed E-state index contributed by atoms with van der Waals surface area (Å²) in [5, 5.41) is 7.81. The Bertz CT molecular complexity index is 692. The fourth-order valence-corrected chi connectivity index (χ4v) is 2.88. The summed E-state index contributed by atoms with van der Waals surface area (Å²) >= 11 is 12.0. The fourth-order valence-electron chi connectivity index (χ4n) is 2.59. The van der Waals surface area contributed by atoms with E-state index in [0.29, 0.717) is 34.5 Å². The molecule has 2 heterocycles. The van der Waals surface area contributed by atoms with Crippen LogP contribution in [0, 0.1) is 6.92 Å². The van der Waals surface area contributed by atoms with Crippen LogP contribution in [0.15, 0.2) is 24.3 Å². The fraction of sp³-hybridized carbons (Fsp3) is 0.375. The molecule has 1 saturated heterocycles. The van der Waals surface area contributed by atoms with E-state index in [0.717, 1.165) is 18.6 Å². The zero-order valence-corrected chi connectivity index (χ0v) is 14.2. The molecule has 3 rings (SSSR count). The molecule has 23 heavy (non-hydrogen) atoms. The second kappa shape index (κ2) is 6.81. The maximum absolute atomic E-state index is 12.4. The molecule has 1 aromatic heterocycles. The molecule has 1 N–H and O–H groups in total. The van der Waals surface area contributed by atoms with E-state index in [1.165, 1.54) is 0 Å². The van der Waals surface area contributed by atoms with Crippen molar-refractivity contribution < 1.29 is 9.53 Å². The van der Waals surface area contributed by atoms with Gasteiger partial charge in [0.1, 0.15) is 11.9 Å². The number of aromatic nitrogens is 2. The van der Waals surface area contributed by atoms with Gasteiger partial charge < -0.3 is 9.64 Å². The normalized spacial score (nSPS) is 15.7. The van der Waals surface area contributed by atoms with Crippen LogP contribution in [0.3, 0.4) is 0 Å². The highest BCUT2D eigenvalue weighted by atomic mass is 35.5. The number of benzene rings is 1.